The molecule has 0 aliphatic carbocycles. The van der Waals surface area contributed by atoms with Gasteiger partial charge in [-0.15, -0.1) is 0 Å². The number of ether oxygens (including phenoxy) is 2. The molecule has 4 N–H and O–H groups in total. The maximum atomic E-state index is 12.3. The van der Waals surface area contributed by atoms with Crippen LogP contribution in [-0.4, -0.2) is 77.9 Å². The van der Waals surface area contributed by atoms with Gasteiger partial charge in [-0.25, -0.2) is 0 Å². The van der Waals surface area contributed by atoms with Gasteiger partial charge < -0.3 is 18.5 Å². The Morgan fingerprint density at radius 1 is 0.972 bits per heavy atom. The molecule has 0 aliphatic rings. The number of esters is 2. The first kappa shape index (κ1) is 33.9. The van der Waals surface area contributed by atoms with E-state index in [2.05, 4.69) is 5.32 Å². The van der Waals surface area contributed by atoms with Gasteiger partial charge in [0.1, 0.15) is 0 Å². The number of benzene rings is 1. The van der Waals surface area contributed by atoms with E-state index >= 15 is 0 Å². The zero-order valence-electron chi connectivity index (χ0n) is 21.0. The minimum atomic E-state index is -5.14. The summed E-state index contributed by atoms with van der Waals surface area (Å²) in [6, 6.07) is 3.71. The van der Waals surface area contributed by atoms with Crippen LogP contribution in [0.3, 0.4) is 0 Å². The van der Waals surface area contributed by atoms with Crippen LogP contribution in [0, 0.1) is 5.92 Å². The van der Waals surface area contributed by atoms with Crippen LogP contribution in [-0.2, 0) is 41.2 Å². The summed E-state index contributed by atoms with van der Waals surface area (Å²) in [4.78, 5) is 34.4. The molecule has 1 amide bonds. The predicted molar refractivity (Wildman–Crippen MR) is 130 cm³/mol. The second-order valence-corrected chi connectivity index (χ2v) is 12.4. The number of para-hydroxylation sites is 1. The van der Waals surface area contributed by atoms with Crippen LogP contribution in [0.5, 0.6) is 5.75 Å². The minimum Gasteiger partial charge on any atom is -0.465 e. The van der Waals surface area contributed by atoms with E-state index in [1.807, 2.05) is 0 Å². The number of hydrogen-bond acceptors (Lipinski definition) is 10. The Morgan fingerprint density at radius 3 is 1.86 bits per heavy atom. The van der Waals surface area contributed by atoms with Crippen LogP contribution >= 0.6 is 7.60 Å². The van der Waals surface area contributed by atoms with Crippen LogP contribution in [0.4, 0.5) is 5.69 Å². The van der Waals surface area contributed by atoms with Gasteiger partial charge in [0.05, 0.1) is 32.6 Å². The first-order valence-corrected chi connectivity index (χ1v) is 16.2. The number of phenolic OH excluding ortho intramolecular Hbond substituents is 1. The van der Waals surface area contributed by atoms with E-state index in [9.17, 15) is 27.8 Å². The molecular formula is C21H35AsNO12P. The Hall–Kier alpha value is -2.14. The molecule has 0 heterocycles. The fourth-order valence-electron chi connectivity index (χ4n) is 2.74. The summed E-state index contributed by atoms with van der Waals surface area (Å²) in [7, 11) is -3.31. The third-order valence-corrected chi connectivity index (χ3v) is 8.33. The molecular weight excluding hydrogens is 564 g/mol. The summed E-state index contributed by atoms with van der Waals surface area (Å²) in [5.41, 5.74) is -0.225. The van der Waals surface area contributed by atoms with Gasteiger partial charge in [-0.2, -0.15) is 0 Å². The van der Waals surface area contributed by atoms with E-state index in [4.69, 9.17) is 26.7 Å². The zero-order valence-corrected chi connectivity index (χ0v) is 23.7. The molecule has 1 rings (SSSR count). The van der Waals surface area contributed by atoms with Gasteiger partial charge in [0, 0.05) is 0 Å². The standard InChI is InChI=1S/C13H25O7P.C8H10AsNO5/c1-5-17-12(14)11(13(15)18-6-2)9-10-21(16,19-7-3)20-8-4;1-5(11)10-8-6(9(13,14)15)3-2-4-7(8)12/h11H,5-10H2,1-4H3;2-4,12H,1H3,(H,10,11)(H2,13,14,15). The molecule has 1 aromatic rings. The van der Waals surface area contributed by atoms with E-state index < -0.39 is 45.5 Å². The smallest absolute Gasteiger partial charge is 0.330 e. The van der Waals surface area contributed by atoms with Crippen molar-refractivity contribution in [2.75, 3.05) is 37.9 Å². The Balaban J connectivity index is 0.000000717. The summed E-state index contributed by atoms with van der Waals surface area (Å²) >= 11 is -5.14. The Labute approximate surface area is 213 Å². The average Bonchev–Trinajstić information content (AvgIpc) is 2.75. The normalized spacial score (nSPS) is 11.3. The van der Waals surface area contributed by atoms with Crippen LogP contribution in [0.2, 0.25) is 0 Å². The third-order valence-electron chi connectivity index (χ3n) is 4.12. The van der Waals surface area contributed by atoms with Crippen molar-refractivity contribution in [3.63, 3.8) is 0 Å². The maximum Gasteiger partial charge on any atom is 0.330 e. The van der Waals surface area contributed by atoms with Gasteiger partial charge in [-0.3, -0.25) is 14.2 Å². The molecule has 13 nitrogen and oxygen atoms in total. The molecule has 0 bridgehead atoms. The molecule has 0 saturated heterocycles. The van der Waals surface area contributed by atoms with Crippen LogP contribution in [0.15, 0.2) is 18.2 Å². The number of amides is 1. The molecule has 0 unspecified atom stereocenters. The molecule has 0 spiro atoms. The fourth-order valence-corrected chi connectivity index (χ4v) is 5.99. The number of carbonyl (C=O) groups is 3. The Morgan fingerprint density at radius 2 is 1.47 bits per heavy atom. The van der Waals surface area contributed by atoms with Crippen molar-refractivity contribution in [3.05, 3.63) is 18.2 Å². The molecule has 0 fully saturated rings. The molecule has 0 saturated carbocycles. The largest absolute Gasteiger partial charge is 0.465 e. The van der Waals surface area contributed by atoms with Gasteiger partial charge in [0.15, 0.2) is 5.92 Å². The third kappa shape index (κ3) is 12.2. The first-order chi connectivity index (χ1) is 16.8. The van der Waals surface area contributed by atoms with Crippen LogP contribution in [0.1, 0.15) is 41.0 Å². The van der Waals surface area contributed by atoms with Gasteiger partial charge in [-0.1, -0.05) is 0 Å². The summed E-state index contributed by atoms with van der Waals surface area (Å²) < 4.78 is 61.0. The second-order valence-electron chi connectivity index (χ2n) is 6.91. The molecule has 0 atom stereocenters. The molecule has 15 heteroatoms. The number of carbonyl (C=O) groups excluding carboxylic acids is 3. The summed E-state index contributed by atoms with van der Waals surface area (Å²) in [6.45, 7) is 8.62. The molecule has 1 aromatic carbocycles. The van der Waals surface area contributed by atoms with Crippen molar-refractivity contribution in [3.8, 4) is 5.75 Å². The number of nitrogens with one attached hydrogen (secondary N) is 1. The quantitative estimate of drug-likeness (QED) is 0.0836. The van der Waals surface area contributed by atoms with E-state index in [1.165, 1.54) is 25.1 Å². The predicted octanol–water partition coefficient (Wildman–Crippen LogP) is 1.30. The van der Waals surface area contributed by atoms with Crippen molar-refractivity contribution in [2.24, 2.45) is 5.92 Å². The molecule has 0 aliphatic heterocycles. The van der Waals surface area contributed by atoms with E-state index in [0.717, 1.165) is 0 Å². The average molecular weight is 599 g/mol. The van der Waals surface area contributed by atoms with Gasteiger partial charge in [0.2, 0.25) is 0 Å². The number of hydrogen-bond donors (Lipinski definition) is 4. The minimum absolute atomic E-state index is 0.00502. The Kier molecular flexibility index (Phi) is 15.6. The SMILES string of the molecule is CC(=O)Nc1c(O)cccc1[As](=O)(O)O.CCOC(=O)C(CCP(=O)(OCC)OCC)C(=O)OCC. The van der Waals surface area contributed by atoms with Crippen molar-refractivity contribution in [2.45, 2.75) is 41.0 Å². The molecule has 206 valence electrons. The topological polar surface area (TPSA) is 195 Å². The summed E-state index contributed by atoms with van der Waals surface area (Å²) in [5, 5.41) is 11.5. The van der Waals surface area contributed by atoms with Crippen LogP contribution in [0.25, 0.3) is 0 Å². The summed E-state index contributed by atoms with van der Waals surface area (Å²) in [6.07, 6.45) is -0.0497. The number of rotatable bonds is 13. The van der Waals surface area contributed by atoms with Gasteiger partial charge in [-0.05, 0) is 34.1 Å². The zero-order chi connectivity index (χ0) is 27.9. The summed E-state index contributed by atoms with van der Waals surface area (Å²) in [5.74, 6) is -3.36. The number of aromatic hydroxyl groups is 1. The van der Waals surface area contributed by atoms with E-state index in [-0.39, 0.29) is 54.8 Å². The van der Waals surface area contributed by atoms with Gasteiger partial charge in [0.25, 0.3) is 0 Å². The van der Waals surface area contributed by atoms with Crippen molar-refractivity contribution < 1.29 is 54.5 Å². The number of phenols is 1. The van der Waals surface area contributed by atoms with Crippen molar-refractivity contribution in [1.82, 2.24) is 0 Å². The van der Waals surface area contributed by atoms with Crippen molar-refractivity contribution in [1.29, 1.82) is 0 Å². The van der Waals surface area contributed by atoms with E-state index in [0.29, 0.717) is 0 Å². The number of anilines is 1. The molecule has 0 aromatic heterocycles. The monoisotopic (exact) mass is 599 g/mol. The van der Waals surface area contributed by atoms with Crippen molar-refractivity contribution >= 4 is 49.7 Å². The first-order valence-electron chi connectivity index (χ1n) is 11.1. The van der Waals surface area contributed by atoms with Gasteiger partial charge >= 0.3 is 108 Å². The van der Waals surface area contributed by atoms with E-state index in [1.54, 1.807) is 27.7 Å². The second kappa shape index (κ2) is 16.6. The molecule has 36 heavy (non-hydrogen) atoms. The maximum absolute atomic E-state index is 12.3. The molecule has 0 radical (unpaired) electrons. The Bertz CT molecular complexity index is 936. The van der Waals surface area contributed by atoms with Crippen LogP contribution < -0.4 is 9.67 Å². The fraction of sp³-hybridized carbons (Fsp3) is 0.571.